The van der Waals surface area contributed by atoms with Crippen LogP contribution in [0, 0.1) is 0 Å². The summed E-state index contributed by atoms with van der Waals surface area (Å²) in [6.07, 6.45) is 0. The van der Waals surface area contributed by atoms with Gasteiger partial charge in [-0.1, -0.05) is 78.9 Å². The van der Waals surface area contributed by atoms with Crippen molar-refractivity contribution in [2.24, 2.45) is 0 Å². The van der Waals surface area contributed by atoms with E-state index < -0.39 is 0 Å². The van der Waals surface area contributed by atoms with E-state index in [1.54, 1.807) is 0 Å². The summed E-state index contributed by atoms with van der Waals surface area (Å²) in [5.41, 5.74) is 6.22. The van der Waals surface area contributed by atoms with E-state index in [1.807, 2.05) is 0 Å². The predicted molar refractivity (Wildman–Crippen MR) is 159 cm³/mol. The minimum Gasteiger partial charge on any atom is -0.399 e. The average Bonchev–Trinajstić information content (AvgIpc) is 3.38. The molecule has 1 aliphatic heterocycles. The highest BCUT2D eigenvalue weighted by molar-refractivity contribution is 6.62. The molecule has 7 rings (SSSR count). The van der Waals surface area contributed by atoms with Gasteiger partial charge < -0.3 is 13.9 Å². The molecule has 0 unspecified atom stereocenters. The Kier molecular flexibility index (Phi) is 5.10. The van der Waals surface area contributed by atoms with Gasteiger partial charge in [0.25, 0.3) is 0 Å². The van der Waals surface area contributed by atoms with Crippen molar-refractivity contribution in [1.29, 1.82) is 0 Å². The van der Waals surface area contributed by atoms with Gasteiger partial charge in [0, 0.05) is 16.5 Å². The highest BCUT2D eigenvalue weighted by atomic mass is 16.7. The Hall–Kier alpha value is -3.86. The summed E-state index contributed by atoms with van der Waals surface area (Å²) in [5.74, 6) is 0. The Bertz CT molecular complexity index is 1820. The van der Waals surface area contributed by atoms with Crippen LogP contribution in [-0.4, -0.2) is 22.9 Å². The van der Waals surface area contributed by atoms with Crippen LogP contribution in [0.5, 0.6) is 0 Å². The van der Waals surface area contributed by atoms with Crippen molar-refractivity contribution in [2.75, 3.05) is 0 Å². The molecule has 1 aliphatic rings. The van der Waals surface area contributed by atoms with Crippen LogP contribution in [0.2, 0.25) is 0 Å². The van der Waals surface area contributed by atoms with Gasteiger partial charge in [-0.25, -0.2) is 0 Å². The largest absolute Gasteiger partial charge is 0.494 e. The first-order valence-electron chi connectivity index (χ1n) is 13.3. The zero-order valence-corrected chi connectivity index (χ0v) is 22.2. The maximum absolute atomic E-state index is 6.34. The molecule has 1 fully saturated rings. The van der Waals surface area contributed by atoms with E-state index in [2.05, 4.69) is 141 Å². The van der Waals surface area contributed by atoms with E-state index in [0.29, 0.717) is 0 Å². The van der Waals surface area contributed by atoms with Crippen molar-refractivity contribution in [3.05, 3.63) is 109 Å². The molecule has 0 N–H and O–H groups in total. The molecular weight excluding hydrogens is 465 g/mol. The van der Waals surface area contributed by atoms with Gasteiger partial charge in [0.1, 0.15) is 0 Å². The van der Waals surface area contributed by atoms with Crippen molar-refractivity contribution >= 4 is 45.2 Å². The smallest absolute Gasteiger partial charge is 0.399 e. The molecule has 0 bridgehead atoms. The molecule has 0 spiro atoms. The van der Waals surface area contributed by atoms with Gasteiger partial charge in [-0.3, -0.25) is 0 Å². The monoisotopic (exact) mass is 495 g/mol. The lowest BCUT2D eigenvalue weighted by atomic mass is 9.78. The molecule has 3 nitrogen and oxygen atoms in total. The van der Waals surface area contributed by atoms with Gasteiger partial charge in [-0.15, -0.1) is 0 Å². The highest BCUT2D eigenvalue weighted by Crippen LogP contribution is 2.39. The highest BCUT2D eigenvalue weighted by Gasteiger charge is 2.51. The number of fused-ring (bicyclic) bond motifs is 5. The molecule has 0 radical (unpaired) electrons. The van der Waals surface area contributed by atoms with Gasteiger partial charge in [0.05, 0.1) is 22.2 Å². The van der Waals surface area contributed by atoms with Crippen LogP contribution in [-0.2, 0) is 9.31 Å². The molecule has 4 heteroatoms. The molecular formula is C34H30BNO2. The Morgan fingerprint density at radius 2 is 1.26 bits per heavy atom. The second-order valence-corrected chi connectivity index (χ2v) is 11.3. The minimum absolute atomic E-state index is 0.368. The summed E-state index contributed by atoms with van der Waals surface area (Å²) < 4.78 is 15.1. The van der Waals surface area contributed by atoms with E-state index in [-0.39, 0.29) is 18.3 Å². The topological polar surface area (TPSA) is 23.4 Å². The molecule has 1 saturated heterocycles. The van der Waals surface area contributed by atoms with Gasteiger partial charge in [0.15, 0.2) is 0 Å². The lowest BCUT2D eigenvalue weighted by Gasteiger charge is -2.32. The molecule has 0 atom stereocenters. The quantitative estimate of drug-likeness (QED) is 0.233. The Labute approximate surface area is 223 Å². The summed E-state index contributed by atoms with van der Waals surface area (Å²) in [4.78, 5) is 0. The summed E-state index contributed by atoms with van der Waals surface area (Å²) >= 11 is 0. The summed E-state index contributed by atoms with van der Waals surface area (Å²) in [7, 11) is -0.382. The lowest BCUT2D eigenvalue weighted by molar-refractivity contribution is 0.00578. The number of nitrogens with zero attached hydrogens (tertiary/aromatic N) is 1. The first-order chi connectivity index (χ1) is 18.3. The van der Waals surface area contributed by atoms with Crippen molar-refractivity contribution in [1.82, 2.24) is 4.57 Å². The van der Waals surface area contributed by atoms with Crippen molar-refractivity contribution < 1.29 is 9.31 Å². The third-order valence-electron chi connectivity index (χ3n) is 8.41. The molecule has 5 aromatic carbocycles. The maximum Gasteiger partial charge on any atom is 0.494 e. The fourth-order valence-electron chi connectivity index (χ4n) is 5.67. The number of benzene rings is 5. The summed E-state index contributed by atoms with van der Waals surface area (Å²) in [6, 6.07) is 39.2. The SMILES string of the molecule is CC1(C)OB(c2cccc(-c3ccc4c(c3)c3c5ccccc5ccc3n4-c3ccccc3)c2)OC1(C)C. The van der Waals surface area contributed by atoms with E-state index in [4.69, 9.17) is 9.31 Å². The van der Waals surface area contributed by atoms with Gasteiger partial charge in [0.2, 0.25) is 0 Å². The fraction of sp³-hybridized carbons (Fsp3) is 0.176. The Balaban J connectivity index is 1.43. The minimum atomic E-state index is -0.382. The van der Waals surface area contributed by atoms with Crippen LogP contribution in [0.25, 0.3) is 49.4 Å². The first kappa shape index (κ1) is 23.3. The van der Waals surface area contributed by atoms with Crippen LogP contribution >= 0.6 is 0 Å². The molecule has 0 aliphatic carbocycles. The molecule has 1 aromatic heterocycles. The second kappa shape index (κ2) is 8.32. The third kappa shape index (κ3) is 3.52. The molecule has 38 heavy (non-hydrogen) atoms. The molecule has 6 aromatic rings. The average molecular weight is 495 g/mol. The normalized spacial score (nSPS) is 16.6. The number of para-hydroxylation sites is 1. The van der Waals surface area contributed by atoms with Crippen LogP contribution < -0.4 is 5.46 Å². The lowest BCUT2D eigenvalue weighted by Crippen LogP contribution is -2.41. The number of hydrogen-bond acceptors (Lipinski definition) is 2. The number of rotatable bonds is 3. The Morgan fingerprint density at radius 3 is 2.05 bits per heavy atom. The van der Waals surface area contributed by atoms with Crippen LogP contribution in [0.4, 0.5) is 0 Å². The van der Waals surface area contributed by atoms with E-state index in [0.717, 1.165) is 11.0 Å². The predicted octanol–water partition coefficient (Wildman–Crippen LogP) is 7.90. The van der Waals surface area contributed by atoms with Crippen LogP contribution in [0.15, 0.2) is 109 Å². The van der Waals surface area contributed by atoms with Crippen LogP contribution in [0.3, 0.4) is 0 Å². The number of hydrogen-bond donors (Lipinski definition) is 0. The van der Waals surface area contributed by atoms with Gasteiger partial charge in [-0.2, -0.15) is 0 Å². The van der Waals surface area contributed by atoms with Crippen molar-refractivity contribution in [2.45, 2.75) is 38.9 Å². The van der Waals surface area contributed by atoms with E-state index >= 15 is 0 Å². The van der Waals surface area contributed by atoms with Gasteiger partial charge >= 0.3 is 7.12 Å². The molecule has 0 amide bonds. The molecule has 186 valence electrons. The standard InChI is InChI=1S/C34H30BNO2/c1-33(2)34(3,4)38-35(37-33)26-13-10-12-24(21-26)25-18-19-30-29(22-25)32-28-16-9-8-11-23(28)17-20-31(32)36(30)27-14-6-5-7-15-27/h5-22H,1-4H3. The summed E-state index contributed by atoms with van der Waals surface area (Å²) in [5, 5.41) is 5.05. The summed E-state index contributed by atoms with van der Waals surface area (Å²) in [6.45, 7) is 8.38. The van der Waals surface area contributed by atoms with E-state index in [1.165, 1.54) is 43.8 Å². The first-order valence-corrected chi connectivity index (χ1v) is 13.3. The van der Waals surface area contributed by atoms with Crippen LogP contribution in [0.1, 0.15) is 27.7 Å². The fourth-order valence-corrected chi connectivity index (χ4v) is 5.67. The Morgan fingerprint density at radius 1 is 0.579 bits per heavy atom. The second-order valence-electron chi connectivity index (χ2n) is 11.3. The zero-order valence-electron chi connectivity index (χ0n) is 22.2. The van der Waals surface area contributed by atoms with Gasteiger partial charge in [-0.05, 0) is 85.4 Å². The van der Waals surface area contributed by atoms with Crippen molar-refractivity contribution in [3.8, 4) is 16.8 Å². The molecule has 0 saturated carbocycles. The van der Waals surface area contributed by atoms with E-state index in [9.17, 15) is 0 Å². The zero-order chi connectivity index (χ0) is 26.1. The number of aromatic nitrogens is 1. The van der Waals surface area contributed by atoms with Crippen molar-refractivity contribution in [3.63, 3.8) is 0 Å². The maximum atomic E-state index is 6.34. The molecule has 2 heterocycles. The third-order valence-corrected chi connectivity index (χ3v) is 8.41.